The van der Waals surface area contributed by atoms with Crippen LogP contribution in [0.5, 0.6) is 0 Å². The van der Waals surface area contributed by atoms with Gasteiger partial charge in [-0.3, -0.25) is 9.48 Å². The molecule has 2 aromatic rings. The van der Waals surface area contributed by atoms with E-state index in [2.05, 4.69) is 31.8 Å². The minimum Gasteiger partial charge on any atom is -0.333 e. The molecule has 2 aromatic heterocycles. The molecular weight excluding hydrogens is 270 g/mol. The van der Waals surface area contributed by atoms with Crippen molar-refractivity contribution < 1.29 is 4.79 Å². The number of nitrogens with zero attached hydrogens (tertiary/aromatic N) is 7. The molecule has 1 atom stereocenters. The maximum atomic E-state index is 12.3. The molecule has 0 bridgehead atoms. The van der Waals surface area contributed by atoms with Crippen LogP contribution in [-0.2, 0) is 17.9 Å². The lowest BCUT2D eigenvalue weighted by Crippen LogP contribution is -2.40. The second-order valence-electron chi connectivity index (χ2n) is 5.42. The zero-order chi connectivity index (χ0) is 14.8. The second-order valence-corrected chi connectivity index (χ2v) is 5.42. The molecular formula is C13H19N7O. The number of amides is 1. The minimum atomic E-state index is 0.161. The van der Waals surface area contributed by atoms with Crippen molar-refractivity contribution in [2.24, 2.45) is 0 Å². The molecule has 0 saturated carbocycles. The Labute approximate surface area is 122 Å². The number of hydrogen-bond acceptors (Lipinski definition) is 5. The van der Waals surface area contributed by atoms with Crippen LogP contribution in [0.3, 0.4) is 0 Å². The Kier molecular flexibility index (Phi) is 3.68. The standard InChI is InChI=1S/C13H19N7O/c1-10-6-18(7-12-17-16-11(2)20(10)12)13(21)4-3-5-19-9-14-8-15-19/h8-10H,3-7H2,1-2H3/t10-/m0/s1. The van der Waals surface area contributed by atoms with Crippen LogP contribution in [0, 0.1) is 6.92 Å². The molecule has 112 valence electrons. The normalized spacial score (nSPS) is 17.8. The highest BCUT2D eigenvalue weighted by atomic mass is 16.2. The van der Waals surface area contributed by atoms with Gasteiger partial charge in [0, 0.05) is 19.5 Å². The first-order valence-corrected chi connectivity index (χ1v) is 7.15. The van der Waals surface area contributed by atoms with Gasteiger partial charge in [-0.15, -0.1) is 10.2 Å². The first-order chi connectivity index (χ1) is 10.1. The Morgan fingerprint density at radius 3 is 3.05 bits per heavy atom. The smallest absolute Gasteiger partial charge is 0.223 e. The number of carbonyl (C=O) groups is 1. The van der Waals surface area contributed by atoms with Crippen LogP contribution in [-0.4, -0.2) is 46.9 Å². The van der Waals surface area contributed by atoms with Gasteiger partial charge < -0.3 is 9.47 Å². The van der Waals surface area contributed by atoms with Crippen molar-refractivity contribution in [3.8, 4) is 0 Å². The number of hydrogen-bond donors (Lipinski definition) is 0. The van der Waals surface area contributed by atoms with E-state index in [1.165, 1.54) is 6.33 Å². The van der Waals surface area contributed by atoms with Crippen molar-refractivity contribution in [2.45, 2.75) is 45.8 Å². The van der Waals surface area contributed by atoms with Crippen LogP contribution in [0.25, 0.3) is 0 Å². The summed E-state index contributed by atoms with van der Waals surface area (Å²) >= 11 is 0. The van der Waals surface area contributed by atoms with Gasteiger partial charge in [0.1, 0.15) is 18.5 Å². The first-order valence-electron chi connectivity index (χ1n) is 7.15. The van der Waals surface area contributed by atoms with Gasteiger partial charge in [-0.25, -0.2) is 4.98 Å². The van der Waals surface area contributed by atoms with Gasteiger partial charge in [0.25, 0.3) is 0 Å². The fraction of sp³-hybridized carbons (Fsp3) is 0.615. The molecule has 3 heterocycles. The van der Waals surface area contributed by atoms with Crippen LogP contribution in [0.1, 0.15) is 37.5 Å². The van der Waals surface area contributed by atoms with Crippen LogP contribution in [0.4, 0.5) is 0 Å². The summed E-state index contributed by atoms with van der Waals surface area (Å²) in [7, 11) is 0. The molecule has 0 unspecified atom stereocenters. The van der Waals surface area contributed by atoms with E-state index in [0.29, 0.717) is 26.1 Å². The molecule has 0 radical (unpaired) electrons. The van der Waals surface area contributed by atoms with Gasteiger partial charge in [-0.05, 0) is 20.3 Å². The number of carbonyl (C=O) groups excluding carboxylic acids is 1. The summed E-state index contributed by atoms with van der Waals surface area (Å²) in [6.45, 7) is 6.02. The van der Waals surface area contributed by atoms with Crippen molar-refractivity contribution in [3.63, 3.8) is 0 Å². The Balaban J connectivity index is 1.56. The lowest BCUT2D eigenvalue weighted by atomic mass is 10.2. The largest absolute Gasteiger partial charge is 0.333 e. The molecule has 0 fully saturated rings. The summed E-state index contributed by atoms with van der Waals surface area (Å²) < 4.78 is 3.85. The summed E-state index contributed by atoms with van der Waals surface area (Å²) in [5.74, 6) is 1.94. The Bertz CT molecular complexity index is 619. The molecule has 0 spiro atoms. The van der Waals surface area contributed by atoms with E-state index >= 15 is 0 Å². The van der Waals surface area contributed by atoms with Gasteiger partial charge in [-0.1, -0.05) is 0 Å². The molecule has 0 aliphatic carbocycles. The maximum Gasteiger partial charge on any atom is 0.223 e. The number of aromatic nitrogens is 6. The van der Waals surface area contributed by atoms with Gasteiger partial charge in [0.15, 0.2) is 5.82 Å². The van der Waals surface area contributed by atoms with E-state index < -0.39 is 0 Å². The average Bonchev–Trinajstić information content (AvgIpc) is 3.09. The summed E-state index contributed by atoms with van der Waals surface area (Å²) in [4.78, 5) is 18.1. The van der Waals surface area contributed by atoms with Crippen LogP contribution in [0.2, 0.25) is 0 Å². The quantitative estimate of drug-likeness (QED) is 0.821. The molecule has 8 nitrogen and oxygen atoms in total. The van der Waals surface area contributed by atoms with Crippen LogP contribution < -0.4 is 0 Å². The summed E-state index contributed by atoms with van der Waals surface area (Å²) in [6.07, 6.45) is 4.44. The average molecular weight is 289 g/mol. The summed E-state index contributed by atoms with van der Waals surface area (Å²) in [5, 5.41) is 12.3. The van der Waals surface area contributed by atoms with Crippen molar-refractivity contribution in [2.75, 3.05) is 6.54 Å². The summed E-state index contributed by atoms with van der Waals surface area (Å²) in [5.41, 5.74) is 0. The van der Waals surface area contributed by atoms with E-state index in [1.54, 1.807) is 11.0 Å². The van der Waals surface area contributed by atoms with E-state index in [-0.39, 0.29) is 11.9 Å². The second kappa shape index (κ2) is 5.63. The Hall–Kier alpha value is -2.25. The predicted octanol–water partition coefficient (Wildman–Crippen LogP) is 0.562. The summed E-state index contributed by atoms with van der Waals surface area (Å²) in [6, 6.07) is 0.225. The molecule has 3 rings (SSSR count). The lowest BCUT2D eigenvalue weighted by Gasteiger charge is -2.32. The molecule has 8 heteroatoms. The van der Waals surface area contributed by atoms with Crippen molar-refractivity contribution in [1.29, 1.82) is 0 Å². The van der Waals surface area contributed by atoms with Crippen molar-refractivity contribution in [1.82, 2.24) is 34.4 Å². The third-order valence-electron chi connectivity index (χ3n) is 3.79. The minimum absolute atomic E-state index is 0.161. The number of rotatable bonds is 4. The van der Waals surface area contributed by atoms with E-state index in [1.807, 2.05) is 11.8 Å². The van der Waals surface area contributed by atoms with E-state index in [9.17, 15) is 4.79 Å². The van der Waals surface area contributed by atoms with Crippen molar-refractivity contribution >= 4 is 5.91 Å². The molecule has 0 saturated heterocycles. The third-order valence-corrected chi connectivity index (χ3v) is 3.79. The predicted molar refractivity (Wildman–Crippen MR) is 74.1 cm³/mol. The molecule has 1 aliphatic heterocycles. The van der Waals surface area contributed by atoms with Crippen molar-refractivity contribution in [3.05, 3.63) is 24.3 Å². The number of fused-ring (bicyclic) bond motifs is 1. The highest BCUT2D eigenvalue weighted by Gasteiger charge is 2.27. The molecule has 0 aromatic carbocycles. The van der Waals surface area contributed by atoms with Gasteiger partial charge in [0.2, 0.25) is 5.91 Å². The monoisotopic (exact) mass is 289 g/mol. The SMILES string of the molecule is Cc1nnc2n1[C@@H](C)CN(C(=O)CCCn1cncn1)C2. The third kappa shape index (κ3) is 2.79. The zero-order valence-corrected chi connectivity index (χ0v) is 12.3. The lowest BCUT2D eigenvalue weighted by molar-refractivity contribution is -0.133. The first kappa shape index (κ1) is 13.7. The topological polar surface area (TPSA) is 81.7 Å². The highest BCUT2D eigenvalue weighted by Crippen LogP contribution is 2.21. The highest BCUT2D eigenvalue weighted by molar-refractivity contribution is 5.76. The van der Waals surface area contributed by atoms with Crippen LogP contribution >= 0.6 is 0 Å². The molecule has 1 aliphatic rings. The number of aryl methyl sites for hydroxylation is 2. The van der Waals surface area contributed by atoms with Gasteiger partial charge in [0.05, 0.1) is 12.6 Å². The van der Waals surface area contributed by atoms with E-state index in [4.69, 9.17) is 0 Å². The van der Waals surface area contributed by atoms with Gasteiger partial charge >= 0.3 is 0 Å². The molecule has 21 heavy (non-hydrogen) atoms. The Morgan fingerprint density at radius 2 is 2.29 bits per heavy atom. The van der Waals surface area contributed by atoms with E-state index in [0.717, 1.165) is 18.1 Å². The zero-order valence-electron chi connectivity index (χ0n) is 12.3. The van der Waals surface area contributed by atoms with Crippen LogP contribution in [0.15, 0.2) is 12.7 Å². The maximum absolute atomic E-state index is 12.3. The fourth-order valence-electron chi connectivity index (χ4n) is 2.82. The Morgan fingerprint density at radius 1 is 1.43 bits per heavy atom. The molecule has 1 amide bonds. The fourth-order valence-corrected chi connectivity index (χ4v) is 2.82. The molecule has 0 N–H and O–H groups in total. The van der Waals surface area contributed by atoms with Gasteiger partial charge in [-0.2, -0.15) is 5.10 Å².